The van der Waals surface area contributed by atoms with Gasteiger partial charge in [-0.1, -0.05) is 43.7 Å². The van der Waals surface area contributed by atoms with Crippen molar-refractivity contribution in [1.82, 2.24) is 0 Å². The first-order valence-electron chi connectivity index (χ1n) is 4.43. The van der Waals surface area contributed by atoms with Gasteiger partial charge in [-0.2, -0.15) is 0 Å². The first kappa shape index (κ1) is 9.48. The maximum Gasteiger partial charge on any atom is 0.227 e. The van der Waals surface area contributed by atoms with Crippen LogP contribution in [0.3, 0.4) is 0 Å². The van der Waals surface area contributed by atoms with Gasteiger partial charge in [0.25, 0.3) is 0 Å². The molecule has 2 heteroatoms. The van der Waals surface area contributed by atoms with Crippen LogP contribution in [0.2, 0.25) is 0 Å². The molecule has 0 atom stereocenters. The predicted molar refractivity (Wildman–Crippen MR) is 54.1 cm³/mol. The largest absolute Gasteiger partial charge is 0.415 e. The Morgan fingerprint density at radius 1 is 1.25 bits per heavy atom. The van der Waals surface area contributed by atoms with Crippen LogP contribution in [-0.2, 0) is 4.43 Å². The van der Waals surface area contributed by atoms with Crippen LogP contribution in [0.4, 0.5) is 0 Å². The summed E-state index contributed by atoms with van der Waals surface area (Å²) in [6.45, 7) is 3.10. The molecule has 0 aliphatic heterocycles. The summed E-state index contributed by atoms with van der Waals surface area (Å²) in [6, 6.07) is 10.4. The molecule has 1 rings (SSSR count). The summed E-state index contributed by atoms with van der Waals surface area (Å²) < 4.78 is 5.54. The van der Waals surface area contributed by atoms with Crippen molar-refractivity contribution in [3.05, 3.63) is 30.3 Å². The van der Waals surface area contributed by atoms with E-state index in [-0.39, 0.29) is 9.76 Å². The van der Waals surface area contributed by atoms with Crippen molar-refractivity contribution in [3.8, 4) is 0 Å². The third-order valence-electron chi connectivity index (χ3n) is 1.63. The van der Waals surface area contributed by atoms with Crippen LogP contribution >= 0.6 is 0 Å². The van der Waals surface area contributed by atoms with Crippen LogP contribution < -0.4 is 5.19 Å². The van der Waals surface area contributed by atoms with Crippen molar-refractivity contribution in [2.45, 2.75) is 19.8 Å². The molecule has 1 aromatic rings. The molecule has 0 aromatic heterocycles. The van der Waals surface area contributed by atoms with E-state index in [1.54, 1.807) is 0 Å². The molecule has 0 unspecified atom stereocenters. The molecule has 0 spiro atoms. The van der Waals surface area contributed by atoms with Crippen LogP contribution in [-0.4, -0.2) is 16.4 Å². The molecule has 0 amide bonds. The van der Waals surface area contributed by atoms with Gasteiger partial charge in [-0.3, -0.25) is 0 Å². The first-order valence-corrected chi connectivity index (χ1v) is 5.48. The highest BCUT2D eigenvalue weighted by atomic mass is 28.2. The summed E-state index contributed by atoms with van der Waals surface area (Å²) in [4.78, 5) is 0. The summed E-state index contributed by atoms with van der Waals surface area (Å²) in [5.74, 6) is 0. The number of rotatable bonds is 5. The minimum atomic E-state index is 0.0413. The van der Waals surface area contributed by atoms with Gasteiger partial charge in [-0.15, -0.1) is 0 Å². The molecule has 1 radical (unpaired) electrons. The number of benzene rings is 1. The Hall–Kier alpha value is -0.603. The quantitative estimate of drug-likeness (QED) is 0.491. The van der Waals surface area contributed by atoms with Crippen LogP contribution in [0.15, 0.2) is 30.3 Å². The average Bonchev–Trinajstić information content (AvgIpc) is 2.14. The Kier molecular flexibility index (Phi) is 4.72. The van der Waals surface area contributed by atoms with E-state index in [1.165, 1.54) is 18.0 Å². The Morgan fingerprint density at radius 2 is 2.00 bits per heavy atom. The monoisotopic (exact) mass is 179 g/mol. The standard InChI is InChI=1S/C10H15OSi/c1-2-3-9-11-12-10-7-5-4-6-8-10/h4-8,12H,2-3,9H2,1H3. The van der Waals surface area contributed by atoms with Crippen LogP contribution in [0.5, 0.6) is 0 Å². The summed E-state index contributed by atoms with van der Waals surface area (Å²) in [7, 11) is 0.0413. The lowest BCUT2D eigenvalue weighted by Gasteiger charge is -2.00. The second-order valence-electron chi connectivity index (χ2n) is 2.75. The molecule has 12 heavy (non-hydrogen) atoms. The lowest BCUT2D eigenvalue weighted by atomic mass is 10.4. The molecule has 0 N–H and O–H groups in total. The van der Waals surface area contributed by atoms with Crippen LogP contribution in [0.1, 0.15) is 19.8 Å². The van der Waals surface area contributed by atoms with E-state index in [0.29, 0.717) is 0 Å². The van der Waals surface area contributed by atoms with E-state index >= 15 is 0 Å². The van der Waals surface area contributed by atoms with Gasteiger partial charge in [0.2, 0.25) is 9.76 Å². The lowest BCUT2D eigenvalue weighted by Crippen LogP contribution is -2.17. The van der Waals surface area contributed by atoms with Gasteiger partial charge in [0, 0.05) is 6.61 Å². The molecule has 0 saturated heterocycles. The van der Waals surface area contributed by atoms with Crippen LogP contribution in [0, 0.1) is 0 Å². The van der Waals surface area contributed by atoms with E-state index in [2.05, 4.69) is 31.2 Å². The molecule has 1 aromatic carbocycles. The SMILES string of the molecule is CCCCO[SiH]c1ccccc1. The van der Waals surface area contributed by atoms with E-state index in [1.807, 2.05) is 6.07 Å². The Morgan fingerprint density at radius 3 is 2.67 bits per heavy atom. The molecule has 0 fully saturated rings. The number of unbranched alkanes of at least 4 members (excludes halogenated alkanes) is 1. The average molecular weight is 179 g/mol. The van der Waals surface area contributed by atoms with Gasteiger partial charge < -0.3 is 4.43 Å². The summed E-state index contributed by atoms with van der Waals surface area (Å²) in [6.07, 6.45) is 2.40. The van der Waals surface area contributed by atoms with Crippen LogP contribution in [0.25, 0.3) is 0 Å². The molecule has 0 bridgehead atoms. The van der Waals surface area contributed by atoms with Gasteiger partial charge >= 0.3 is 0 Å². The Balaban J connectivity index is 2.16. The van der Waals surface area contributed by atoms with Crippen molar-refractivity contribution in [3.63, 3.8) is 0 Å². The zero-order chi connectivity index (χ0) is 8.65. The second-order valence-corrected chi connectivity index (χ2v) is 3.99. The summed E-state index contributed by atoms with van der Waals surface area (Å²) >= 11 is 0. The van der Waals surface area contributed by atoms with Crippen molar-refractivity contribution >= 4 is 14.9 Å². The minimum Gasteiger partial charge on any atom is -0.415 e. The Labute approximate surface area is 76.7 Å². The highest BCUT2D eigenvalue weighted by Gasteiger charge is 1.92. The van der Waals surface area contributed by atoms with Gasteiger partial charge in [-0.25, -0.2) is 0 Å². The van der Waals surface area contributed by atoms with E-state index in [0.717, 1.165) is 6.61 Å². The Bertz CT molecular complexity index is 198. The minimum absolute atomic E-state index is 0.0413. The number of hydrogen-bond donors (Lipinski definition) is 0. The zero-order valence-electron chi connectivity index (χ0n) is 7.49. The normalized spacial score (nSPS) is 10.1. The highest BCUT2D eigenvalue weighted by molar-refractivity contribution is 6.46. The second kappa shape index (κ2) is 5.97. The smallest absolute Gasteiger partial charge is 0.227 e. The van der Waals surface area contributed by atoms with Gasteiger partial charge in [0.1, 0.15) is 0 Å². The maximum atomic E-state index is 5.54. The fraction of sp³-hybridized carbons (Fsp3) is 0.400. The number of hydrogen-bond acceptors (Lipinski definition) is 1. The first-order chi connectivity index (χ1) is 5.93. The van der Waals surface area contributed by atoms with Crippen molar-refractivity contribution in [2.75, 3.05) is 6.61 Å². The molecular weight excluding hydrogens is 164 g/mol. The zero-order valence-corrected chi connectivity index (χ0v) is 8.65. The van der Waals surface area contributed by atoms with Gasteiger partial charge in [0.15, 0.2) is 0 Å². The van der Waals surface area contributed by atoms with Crippen molar-refractivity contribution in [1.29, 1.82) is 0 Å². The van der Waals surface area contributed by atoms with E-state index < -0.39 is 0 Å². The van der Waals surface area contributed by atoms with E-state index in [4.69, 9.17) is 4.43 Å². The van der Waals surface area contributed by atoms with Crippen molar-refractivity contribution < 1.29 is 4.43 Å². The molecular formula is C10H15OSi. The summed E-state index contributed by atoms with van der Waals surface area (Å²) in [5.41, 5.74) is 0. The predicted octanol–water partition coefficient (Wildman–Crippen LogP) is 1.48. The molecule has 65 valence electrons. The molecule has 0 heterocycles. The molecule has 0 aliphatic carbocycles. The highest BCUT2D eigenvalue weighted by Crippen LogP contribution is 1.87. The molecule has 0 aliphatic rings. The fourth-order valence-corrected chi connectivity index (χ4v) is 1.77. The third kappa shape index (κ3) is 3.69. The van der Waals surface area contributed by atoms with Gasteiger partial charge in [0.05, 0.1) is 0 Å². The topological polar surface area (TPSA) is 9.23 Å². The summed E-state index contributed by atoms with van der Waals surface area (Å²) in [5, 5.41) is 1.34. The van der Waals surface area contributed by atoms with Gasteiger partial charge in [-0.05, 0) is 11.6 Å². The fourth-order valence-electron chi connectivity index (χ4n) is 0.914. The lowest BCUT2D eigenvalue weighted by molar-refractivity contribution is 0.332. The molecule has 0 saturated carbocycles. The van der Waals surface area contributed by atoms with E-state index in [9.17, 15) is 0 Å². The maximum absolute atomic E-state index is 5.54. The third-order valence-corrected chi connectivity index (χ3v) is 2.69. The molecule has 1 nitrogen and oxygen atoms in total. The van der Waals surface area contributed by atoms with Crippen molar-refractivity contribution in [2.24, 2.45) is 0 Å².